The van der Waals surface area contributed by atoms with Gasteiger partial charge in [0, 0.05) is 11.4 Å². The van der Waals surface area contributed by atoms with Crippen LogP contribution in [-0.2, 0) is 11.4 Å². The predicted molar refractivity (Wildman–Crippen MR) is 145 cm³/mol. The standard InChI is InChI=1S/C29H30N6O3/c1-5-37-25-16-22(14-15-24(25)38-17-21-11-7-6-8-12-21)27-26(20(4)30-29-32-33-34-35(27)29)28(36)31-23-13-9-10-18(2)19(23)3/h6-16,27H,5,17H2,1-4H3,(H,31,36)(H,30,32,34). The molecule has 194 valence electrons. The van der Waals surface area contributed by atoms with Crippen molar-refractivity contribution in [3.05, 3.63) is 100 Å². The summed E-state index contributed by atoms with van der Waals surface area (Å²) in [5, 5.41) is 18.4. The van der Waals surface area contributed by atoms with Crippen LogP contribution in [0.3, 0.4) is 0 Å². The van der Waals surface area contributed by atoms with E-state index in [0.29, 0.717) is 41.9 Å². The van der Waals surface area contributed by atoms with Crippen LogP contribution in [0, 0.1) is 13.8 Å². The Labute approximate surface area is 221 Å². The SMILES string of the molecule is CCOc1cc(C2C(C(=O)Nc3cccc(C)c3C)=C(C)Nc3nnnn32)ccc1OCc1ccccc1. The number of amides is 1. The normalized spacial score (nSPS) is 14.5. The lowest BCUT2D eigenvalue weighted by Crippen LogP contribution is -2.31. The summed E-state index contributed by atoms with van der Waals surface area (Å²) in [5.41, 5.74) is 5.90. The smallest absolute Gasteiger partial charge is 0.255 e. The lowest BCUT2D eigenvalue weighted by Gasteiger charge is -2.28. The molecule has 0 radical (unpaired) electrons. The molecule has 0 fully saturated rings. The number of anilines is 2. The van der Waals surface area contributed by atoms with E-state index in [1.165, 1.54) is 0 Å². The molecule has 1 aromatic heterocycles. The van der Waals surface area contributed by atoms with Crippen molar-refractivity contribution in [3.63, 3.8) is 0 Å². The Kier molecular flexibility index (Phi) is 7.08. The Hall–Kier alpha value is -4.66. The molecule has 1 aliphatic heterocycles. The van der Waals surface area contributed by atoms with Gasteiger partial charge in [0.05, 0.1) is 12.2 Å². The highest BCUT2D eigenvalue weighted by molar-refractivity contribution is 6.06. The number of tetrazole rings is 1. The van der Waals surface area contributed by atoms with Crippen molar-refractivity contribution in [2.75, 3.05) is 17.2 Å². The number of nitrogens with zero attached hydrogens (tertiary/aromatic N) is 4. The third-order valence-corrected chi connectivity index (χ3v) is 6.63. The number of carbonyl (C=O) groups excluding carboxylic acids is 1. The molecule has 2 heterocycles. The van der Waals surface area contributed by atoms with E-state index in [2.05, 4.69) is 26.2 Å². The molecular weight excluding hydrogens is 480 g/mol. The molecule has 3 aromatic carbocycles. The van der Waals surface area contributed by atoms with Gasteiger partial charge in [0.1, 0.15) is 12.6 Å². The Morgan fingerprint density at radius 2 is 1.82 bits per heavy atom. The maximum absolute atomic E-state index is 13.7. The van der Waals surface area contributed by atoms with Crippen LogP contribution in [0.1, 0.15) is 42.1 Å². The van der Waals surface area contributed by atoms with Gasteiger partial charge in [-0.2, -0.15) is 4.68 Å². The van der Waals surface area contributed by atoms with Crippen molar-refractivity contribution in [1.82, 2.24) is 20.2 Å². The minimum absolute atomic E-state index is 0.239. The van der Waals surface area contributed by atoms with E-state index < -0.39 is 6.04 Å². The Balaban J connectivity index is 1.51. The largest absolute Gasteiger partial charge is 0.490 e. The second-order valence-electron chi connectivity index (χ2n) is 9.13. The zero-order valence-corrected chi connectivity index (χ0v) is 21.9. The third-order valence-electron chi connectivity index (χ3n) is 6.63. The molecule has 0 bridgehead atoms. The Morgan fingerprint density at radius 3 is 2.61 bits per heavy atom. The minimum Gasteiger partial charge on any atom is -0.490 e. The van der Waals surface area contributed by atoms with E-state index in [-0.39, 0.29) is 5.91 Å². The van der Waals surface area contributed by atoms with E-state index in [1.807, 2.05) is 94.4 Å². The summed E-state index contributed by atoms with van der Waals surface area (Å²) < 4.78 is 13.7. The van der Waals surface area contributed by atoms with Gasteiger partial charge in [-0.25, -0.2) is 0 Å². The summed E-state index contributed by atoms with van der Waals surface area (Å²) >= 11 is 0. The van der Waals surface area contributed by atoms with Gasteiger partial charge in [0.25, 0.3) is 5.91 Å². The predicted octanol–water partition coefficient (Wildman–Crippen LogP) is 5.20. The highest BCUT2D eigenvalue weighted by Crippen LogP contribution is 2.39. The first-order valence-electron chi connectivity index (χ1n) is 12.5. The maximum Gasteiger partial charge on any atom is 0.255 e. The number of allylic oxidation sites excluding steroid dienone is 1. The number of fused-ring (bicyclic) bond motifs is 1. The van der Waals surface area contributed by atoms with E-state index >= 15 is 0 Å². The molecule has 1 unspecified atom stereocenters. The van der Waals surface area contributed by atoms with Crippen LogP contribution in [0.4, 0.5) is 11.6 Å². The minimum atomic E-state index is -0.575. The molecule has 0 saturated heterocycles. The average Bonchev–Trinajstić information content (AvgIpc) is 3.38. The van der Waals surface area contributed by atoms with E-state index in [9.17, 15) is 4.79 Å². The number of hydrogen-bond acceptors (Lipinski definition) is 7. The van der Waals surface area contributed by atoms with Gasteiger partial charge in [-0.3, -0.25) is 4.79 Å². The highest BCUT2D eigenvalue weighted by atomic mass is 16.5. The van der Waals surface area contributed by atoms with Crippen molar-refractivity contribution in [1.29, 1.82) is 0 Å². The maximum atomic E-state index is 13.7. The van der Waals surface area contributed by atoms with Gasteiger partial charge in [-0.05, 0) is 78.6 Å². The fourth-order valence-electron chi connectivity index (χ4n) is 4.51. The zero-order valence-electron chi connectivity index (χ0n) is 21.9. The van der Waals surface area contributed by atoms with Crippen molar-refractivity contribution in [2.24, 2.45) is 0 Å². The molecule has 0 spiro atoms. The molecule has 1 amide bonds. The van der Waals surface area contributed by atoms with Gasteiger partial charge >= 0.3 is 0 Å². The van der Waals surface area contributed by atoms with Crippen LogP contribution in [0.15, 0.2) is 78.0 Å². The fraction of sp³-hybridized carbons (Fsp3) is 0.241. The first-order valence-corrected chi connectivity index (χ1v) is 12.5. The molecular formula is C29H30N6O3. The van der Waals surface area contributed by atoms with Gasteiger partial charge in [0.15, 0.2) is 11.5 Å². The van der Waals surface area contributed by atoms with Crippen molar-refractivity contribution < 1.29 is 14.3 Å². The van der Waals surface area contributed by atoms with Gasteiger partial charge in [-0.1, -0.05) is 53.6 Å². The molecule has 0 aliphatic carbocycles. The number of rotatable bonds is 8. The van der Waals surface area contributed by atoms with Crippen molar-refractivity contribution in [3.8, 4) is 11.5 Å². The molecule has 38 heavy (non-hydrogen) atoms. The van der Waals surface area contributed by atoms with Crippen molar-refractivity contribution >= 4 is 17.5 Å². The second-order valence-corrected chi connectivity index (χ2v) is 9.13. The Bertz CT molecular complexity index is 1500. The molecule has 4 aromatic rings. The van der Waals surface area contributed by atoms with Crippen molar-refractivity contribution in [2.45, 2.75) is 40.3 Å². The topological polar surface area (TPSA) is 103 Å². The van der Waals surface area contributed by atoms with E-state index in [4.69, 9.17) is 9.47 Å². The number of aryl methyl sites for hydroxylation is 1. The first-order chi connectivity index (χ1) is 18.5. The number of aromatic nitrogens is 4. The average molecular weight is 511 g/mol. The first kappa shape index (κ1) is 25.0. The molecule has 1 atom stereocenters. The monoisotopic (exact) mass is 510 g/mol. The van der Waals surface area contributed by atoms with Crippen LogP contribution in [0.5, 0.6) is 11.5 Å². The summed E-state index contributed by atoms with van der Waals surface area (Å²) in [5.74, 6) is 1.42. The van der Waals surface area contributed by atoms with Crippen LogP contribution in [0.25, 0.3) is 0 Å². The number of ether oxygens (including phenoxy) is 2. The lowest BCUT2D eigenvalue weighted by molar-refractivity contribution is -0.113. The van der Waals surface area contributed by atoms with Gasteiger partial charge in [-0.15, -0.1) is 0 Å². The Morgan fingerprint density at radius 1 is 1.00 bits per heavy atom. The molecule has 0 saturated carbocycles. The number of benzene rings is 3. The van der Waals surface area contributed by atoms with Gasteiger partial charge < -0.3 is 20.1 Å². The molecule has 5 rings (SSSR count). The number of nitrogens with one attached hydrogen (secondary N) is 2. The van der Waals surface area contributed by atoms with Crippen LogP contribution < -0.4 is 20.1 Å². The van der Waals surface area contributed by atoms with Crippen LogP contribution in [0.2, 0.25) is 0 Å². The summed E-state index contributed by atoms with van der Waals surface area (Å²) in [6.45, 7) is 8.65. The number of carbonyl (C=O) groups is 1. The quantitative estimate of drug-likeness (QED) is 0.336. The summed E-state index contributed by atoms with van der Waals surface area (Å²) in [7, 11) is 0. The summed E-state index contributed by atoms with van der Waals surface area (Å²) in [6.07, 6.45) is 0. The highest BCUT2D eigenvalue weighted by Gasteiger charge is 2.34. The van der Waals surface area contributed by atoms with Gasteiger partial charge in [0.2, 0.25) is 5.95 Å². The number of hydrogen-bond donors (Lipinski definition) is 2. The van der Waals surface area contributed by atoms with Crippen LogP contribution in [-0.4, -0.2) is 32.7 Å². The third kappa shape index (κ3) is 4.95. The fourth-order valence-corrected chi connectivity index (χ4v) is 4.51. The molecule has 9 heteroatoms. The van der Waals surface area contributed by atoms with Crippen LogP contribution >= 0.6 is 0 Å². The van der Waals surface area contributed by atoms with E-state index in [1.54, 1.807) is 4.68 Å². The molecule has 1 aliphatic rings. The zero-order chi connectivity index (χ0) is 26.6. The summed E-state index contributed by atoms with van der Waals surface area (Å²) in [6, 6.07) is 20.9. The molecule has 9 nitrogen and oxygen atoms in total. The lowest BCUT2D eigenvalue weighted by atomic mass is 9.94. The summed E-state index contributed by atoms with van der Waals surface area (Å²) in [4.78, 5) is 13.7. The molecule has 2 N–H and O–H groups in total. The van der Waals surface area contributed by atoms with E-state index in [0.717, 1.165) is 27.9 Å². The second kappa shape index (κ2) is 10.8.